The summed E-state index contributed by atoms with van der Waals surface area (Å²) in [6.45, 7) is 2.15. The number of nitrogens with zero attached hydrogens (tertiary/aromatic N) is 2. The second-order valence-corrected chi connectivity index (χ2v) is 3.18. The van der Waals surface area contributed by atoms with Gasteiger partial charge in [0.05, 0.1) is 17.9 Å². The molecule has 1 atom stereocenters. The third-order valence-corrected chi connectivity index (χ3v) is 2.25. The Morgan fingerprint density at radius 2 is 2.73 bits per heavy atom. The van der Waals surface area contributed by atoms with Crippen molar-refractivity contribution in [3.8, 4) is 0 Å². The van der Waals surface area contributed by atoms with E-state index in [1.54, 1.807) is 6.20 Å². The van der Waals surface area contributed by atoms with Crippen LogP contribution in [0.2, 0.25) is 0 Å². The summed E-state index contributed by atoms with van der Waals surface area (Å²) in [7, 11) is 0. The minimum atomic E-state index is 0.541. The van der Waals surface area contributed by atoms with Crippen LogP contribution < -0.4 is 10.6 Å². The molecule has 0 radical (unpaired) electrons. The molecule has 1 aromatic heterocycles. The molecule has 0 aliphatic carbocycles. The highest BCUT2D eigenvalue weighted by atomic mass is 32.1. The second kappa shape index (κ2) is 3.15. The zero-order valence-electron chi connectivity index (χ0n) is 6.08. The molecule has 1 aliphatic rings. The van der Waals surface area contributed by atoms with Crippen LogP contribution in [0.4, 0.5) is 5.82 Å². The summed E-state index contributed by atoms with van der Waals surface area (Å²) in [5.74, 6) is 0.906. The van der Waals surface area contributed by atoms with Gasteiger partial charge in [-0.3, -0.25) is 0 Å². The van der Waals surface area contributed by atoms with Gasteiger partial charge in [-0.05, 0) is 13.0 Å². The average molecular weight is 170 g/mol. The molecule has 11 heavy (non-hydrogen) atoms. The zero-order chi connectivity index (χ0) is 7.52. The Morgan fingerprint density at radius 1 is 1.73 bits per heavy atom. The van der Waals surface area contributed by atoms with E-state index in [1.807, 2.05) is 0 Å². The van der Waals surface area contributed by atoms with E-state index in [-0.39, 0.29) is 0 Å². The lowest BCUT2D eigenvalue weighted by Crippen LogP contribution is -2.22. The maximum atomic E-state index is 4.07. The van der Waals surface area contributed by atoms with Crippen molar-refractivity contribution in [2.75, 3.05) is 18.4 Å². The molecule has 2 N–H and O–H groups in total. The molecule has 1 aliphatic heterocycles. The van der Waals surface area contributed by atoms with Gasteiger partial charge < -0.3 is 10.6 Å². The molecule has 4 nitrogen and oxygen atoms in total. The molecule has 1 aromatic rings. The van der Waals surface area contributed by atoms with E-state index in [1.165, 1.54) is 18.1 Å². The molecule has 1 fully saturated rings. The van der Waals surface area contributed by atoms with E-state index in [9.17, 15) is 0 Å². The van der Waals surface area contributed by atoms with Crippen LogP contribution >= 0.6 is 11.7 Å². The molecular weight excluding hydrogens is 160 g/mol. The van der Waals surface area contributed by atoms with Gasteiger partial charge in [0.2, 0.25) is 0 Å². The Labute approximate surface area is 69.3 Å². The molecule has 0 saturated carbocycles. The minimum absolute atomic E-state index is 0.541. The first-order valence-electron chi connectivity index (χ1n) is 3.70. The summed E-state index contributed by atoms with van der Waals surface area (Å²) in [5.41, 5.74) is 0. The Bertz CT molecular complexity index is 204. The van der Waals surface area contributed by atoms with E-state index >= 15 is 0 Å². The van der Waals surface area contributed by atoms with Crippen LogP contribution in [0.3, 0.4) is 0 Å². The van der Waals surface area contributed by atoms with Gasteiger partial charge >= 0.3 is 0 Å². The third kappa shape index (κ3) is 1.66. The smallest absolute Gasteiger partial charge is 0.160 e. The second-order valence-electron chi connectivity index (χ2n) is 2.63. The largest absolute Gasteiger partial charge is 0.364 e. The highest BCUT2D eigenvalue weighted by molar-refractivity contribution is 6.99. The lowest BCUT2D eigenvalue weighted by atomic mass is 10.3. The van der Waals surface area contributed by atoms with Crippen LogP contribution in [0.25, 0.3) is 0 Å². The standard InChI is InChI=1S/C6H10N4S/c1-2-7-3-5(1)9-6-4-8-11-10-6/h4-5,7H,1-3H2,(H,9,10)/t5-/m1/s1. The summed E-state index contributed by atoms with van der Waals surface area (Å²) in [5, 5.41) is 6.57. The van der Waals surface area contributed by atoms with E-state index in [4.69, 9.17) is 0 Å². The van der Waals surface area contributed by atoms with Gasteiger partial charge in [-0.1, -0.05) is 0 Å². The molecular formula is C6H10N4S. The van der Waals surface area contributed by atoms with Crippen molar-refractivity contribution in [3.05, 3.63) is 6.20 Å². The van der Waals surface area contributed by atoms with Gasteiger partial charge in [-0.15, -0.1) is 0 Å². The fourth-order valence-corrected chi connectivity index (χ4v) is 1.60. The summed E-state index contributed by atoms with van der Waals surface area (Å²) in [4.78, 5) is 0. The minimum Gasteiger partial charge on any atom is -0.364 e. The third-order valence-electron chi connectivity index (χ3n) is 1.77. The van der Waals surface area contributed by atoms with Crippen LogP contribution in [-0.2, 0) is 0 Å². The SMILES string of the molecule is c1nsnc1N[C@@H]1CCNC1. The number of aromatic nitrogens is 2. The quantitative estimate of drug-likeness (QED) is 0.671. The van der Waals surface area contributed by atoms with Crippen molar-refractivity contribution >= 4 is 17.5 Å². The van der Waals surface area contributed by atoms with E-state index in [2.05, 4.69) is 19.4 Å². The van der Waals surface area contributed by atoms with E-state index in [0.717, 1.165) is 18.9 Å². The number of hydrogen-bond donors (Lipinski definition) is 2. The van der Waals surface area contributed by atoms with E-state index in [0.29, 0.717) is 6.04 Å². The predicted octanol–water partition coefficient (Wildman–Crippen LogP) is 0.312. The maximum Gasteiger partial charge on any atom is 0.160 e. The van der Waals surface area contributed by atoms with Crippen molar-refractivity contribution in [1.82, 2.24) is 14.1 Å². The monoisotopic (exact) mass is 170 g/mol. The van der Waals surface area contributed by atoms with Crippen LogP contribution in [0.15, 0.2) is 6.20 Å². The highest BCUT2D eigenvalue weighted by Gasteiger charge is 2.14. The van der Waals surface area contributed by atoms with Crippen molar-refractivity contribution in [2.24, 2.45) is 0 Å². The summed E-state index contributed by atoms with van der Waals surface area (Å²) < 4.78 is 7.98. The molecule has 2 rings (SSSR count). The Morgan fingerprint density at radius 3 is 3.36 bits per heavy atom. The van der Waals surface area contributed by atoms with Crippen molar-refractivity contribution in [2.45, 2.75) is 12.5 Å². The van der Waals surface area contributed by atoms with Crippen LogP contribution in [0, 0.1) is 0 Å². The lowest BCUT2D eigenvalue weighted by Gasteiger charge is -2.07. The van der Waals surface area contributed by atoms with Crippen LogP contribution in [0.5, 0.6) is 0 Å². The van der Waals surface area contributed by atoms with Gasteiger partial charge in [-0.25, -0.2) is 0 Å². The summed E-state index contributed by atoms with van der Waals surface area (Å²) >= 11 is 1.24. The Kier molecular flexibility index (Phi) is 2.00. The highest BCUT2D eigenvalue weighted by Crippen LogP contribution is 2.07. The van der Waals surface area contributed by atoms with Crippen LogP contribution in [0.1, 0.15) is 6.42 Å². The van der Waals surface area contributed by atoms with Gasteiger partial charge in [-0.2, -0.15) is 8.75 Å². The van der Waals surface area contributed by atoms with Gasteiger partial charge in [0.15, 0.2) is 5.82 Å². The number of hydrogen-bond acceptors (Lipinski definition) is 5. The number of rotatable bonds is 2. The normalized spacial score (nSPS) is 23.8. The van der Waals surface area contributed by atoms with Gasteiger partial charge in [0.25, 0.3) is 0 Å². The van der Waals surface area contributed by atoms with Crippen molar-refractivity contribution in [3.63, 3.8) is 0 Å². The van der Waals surface area contributed by atoms with Gasteiger partial charge in [0, 0.05) is 12.6 Å². The number of nitrogens with one attached hydrogen (secondary N) is 2. The van der Waals surface area contributed by atoms with Gasteiger partial charge in [0.1, 0.15) is 0 Å². The molecule has 0 amide bonds. The molecule has 0 unspecified atom stereocenters. The average Bonchev–Trinajstić information content (AvgIpc) is 2.60. The maximum absolute atomic E-state index is 4.07. The Balaban J connectivity index is 1.90. The molecule has 2 heterocycles. The van der Waals surface area contributed by atoms with Crippen molar-refractivity contribution in [1.29, 1.82) is 0 Å². The number of anilines is 1. The lowest BCUT2D eigenvalue weighted by molar-refractivity contribution is 0.790. The topological polar surface area (TPSA) is 49.8 Å². The first-order valence-corrected chi connectivity index (χ1v) is 4.43. The van der Waals surface area contributed by atoms with Crippen LogP contribution in [-0.4, -0.2) is 27.9 Å². The molecule has 1 saturated heterocycles. The molecule has 0 aromatic carbocycles. The summed E-state index contributed by atoms with van der Waals surface area (Å²) in [6, 6.07) is 0.541. The fraction of sp³-hybridized carbons (Fsp3) is 0.667. The Hall–Kier alpha value is -0.680. The summed E-state index contributed by atoms with van der Waals surface area (Å²) in [6.07, 6.45) is 2.94. The molecule has 0 spiro atoms. The molecule has 5 heteroatoms. The first kappa shape index (κ1) is 7.00. The van der Waals surface area contributed by atoms with Crippen molar-refractivity contribution < 1.29 is 0 Å². The van der Waals surface area contributed by atoms with E-state index < -0.39 is 0 Å². The zero-order valence-corrected chi connectivity index (χ0v) is 6.90. The fourth-order valence-electron chi connectivity index (χ4n) is 1.22. The predicted molar refractivity (Wildman–Crippen MR) is 44.8 cm³/mol. The first-order chi connectivity index (χ1) is 5.45. The molecule has 60 valence electrons. The molecule has 0 bridgehead atoms.